The molecule has 1 aromatic carbocycles. The SMILES string of the molecule is CC(=O)OCCC/C(C)=C/CSc1ccccc1. The number of hydrogen-bond acceptors (Lipinski definition) is 3. The minimum atomic E-state index is -0.198. The second kappa shape index (κ2) is 8.81. The van der Waals surface area contributed by atoms with Crippen LogP contribution in [0.5, 0.6) is 0 Å². The summed E-state index contributed by atoms with van der Waals surface area (Å²) in [5.41, 5.74) is 1.35. The van der Waals surface area contributed by atoms with Gasteiger partial charge in [-0.15, -0.1) is 11.8 Å². The lowest BCUT2D eigenvalue weighted by atomic mass is 10.2. The molecule has 0 saturated heterocycles. The van der Waals surface area contributed by atoms with Crippen molar-refractivity contribution in [3.63, 3.8) is 0 Å². The fraction of sp³-hybridized carbons (Fsp3) is 0.400. The van der Waals surface area contributed by atoms with Crippen molar-refractivity contribution in [2.75, 3.05) is 12.4 Å². The minimum absolute atomic E-state index is 0.198. The van der Waals surface area contributed by atoms with E-state index in [1.165, 1.54) is 17.4 Å². The van der Waals surface area contributed by atoms with E-state index in [4.69, 9.17) is 4.74 Å². The van der Waals surface area contributed by atoms with E-state index in [0.717, 1.165) is 18.6 Å². The van der Waals surface area contributed by atoms with Gasteiger partial charge in [0.15, 0.2) is 0 Å². The molecular formula is C15H20O2S. The molecule has 0 saturated carbocycles. The third-order valence-corrected chi connectivity index (χ3v) is 3.38. The van der Waals surface area contributed by atoms with Crippen molar-refractivity contribution in [1.82, 2.24) is 0 Å². The van der Waals surface area contributed by atoms with Crippen LogP contribution < -0.4 is 0 Å². The van der Waals surface area contributed by atoms with Crippen molar-refractivity contribution in [3.8, 4) is 0 Å². The third kappa shape index (κ3) is 7.17. The van der Waals surface area contributed by atoms with Crippen LogP contribution in [0.25, 0.3) is 0 Å². The summed E-state index contributed by atoms with van der Waals surface area (Å²) in [5, 5.41) is 0. The Kier molecular flexibility index (Phi) is 7.26. The predicted octanol–water partition coefficient (Wildman–Crippen LogP) is 4.07. The second-order valence-electron chi connectivity index (χ2n) is 4.12. The molecule has 0 spiro atoms. The van der Waals surface area contributed by atoms with Gasteiger partial charge in [-0.05, 0) is 31.9 Å². The lowest BCUT2D eigenvalue weighted by molar-refractivity contribution is -0.141. The van der Waals surface area contributed by atoms with E-state index in [0.29, 0.717) is 6.61 Å². The van der Waals surface area contributed by atoms with Crippen molar-refractivity contribution in [2.24, 2.45) is 0 Å². The molecule has 0 N–H and O–H groups in total. The van der Waals surface area contributed by atoms with Crippen molar-refractivity contribution >= 4 is 17.7 Å². The van der Waals surface area contributed by atoms with Gasteiger partial charge in [0.2, 0.25) is 0 Å². The van der Waals surface area contributed by atoms with E-state index in [-0.39, 0.29) is 5.97 Å². The van der Waals surface area contributed by atoms with Gasteiger partial charge in [-0.2, -0.15) is 0 Å². The average Bonchev–Trinajstić information content (AvgIpc) is 2.36. The Balaban J connectivity index is 2.16. The zero-order valence-electron chi connectivity index (χ0n) is 11.0. The summed E-state index contributed by atoms with van der Waals surface area (Å²) in [6.45, 7) is 4.09. The Bertz CT molecular complexity index is 385. The first-order valence-electron chi connectivity index (χ1n) is 6.15. The molecule has 0 amide bonds. The van der Waals surface area contributed by atoms with Gasteiger partial charge < -0.3 is 4.74 Å². The smallest absolute Gasteiger partial charge is 0.302 e. The number of benzene rings is 1. The first-order chi connectivity index (χ1) is 8.68. The maximum atomic E-state index is 10.6. The van der Waals surface area contributed by atoms with Crippen molar-refractivity contribution in [2.45, 2.75) is 31.6 Å². The van der Waals surface area contributed by atoms with Gasteiger partial charge in [0, 0.05) is 17.6 Å². The molecule has 0 radical (unpaired) electrons. The summed E-state index contributed by atoms with van der Waals surface area (Å²) in [7, 11) is 0. The molecule has 0 aromatic heterocycles. The molecule has 0 aliphatic carbocycles. The Hall–Kier alpha value is -1.22. The molecule has 0 unspecified atom stereocenters. The molecule has 0 fully saturated rings. The van der Waals surface area contributed by atoms with E-state index in [1.807, 2.05) is 17.8 Å². The van der Waals surface area contributed by atoms with Crippen LogP contribution in [-0.4, -0.2) is 18.3 Å². The Morgan fingerprint density at radius 1 is 1.28 bits per heavy atom. The standard InChI is InChI=1S/C15H20O2S/c1-13(7-6-11-17-14(2)16)10-12-18-15-8-4-3-5-9-15/h3-5,8-10H,6-7,11-12H2,1-2H3/b13-10+. The van der Waals surface area contributed by atoms with Crippen LogP contribution in [0.1, 0.15) is 26.7 Å². The first kappa shape index (κ1) is 14.8. The maximum absolute atomic E-state index is 10.6. The van der Waals surface area contributed by atoms with E-state index >= 15 is 0 Å². The Labute approximate surface area is 113 Å². The molecule has 98 valence electrons. The number of esters is 1. The number of carbonyl (C=O) groups excluding carboxylic acids is 1. The molecule has 3 heteroatoms. The van der Waals surface area contributed by atoms with Crippen LogP contribution in [0.2, 0.25) is 0 Å². The van der Waals surface area contributed by atoms with Gasteiger partial charge >= 0.3 is 5.97 Å². The first-order valence-corrected chi connectivity index (χ1v) is 7.14. The van der Waals surface area contributed by atoms with Crippen molar-refractivity contribution in [1.29, 1.82) is 0 Å². The lowest BCUT2D eigenvalue weighted by Gasteiger charge is -2.03. The van der Waals surface area contributed by atoms with Gasteiger partial charge in [-0.25, -0.2) is 0 Å². The van der Waals surface area contributed by atoms with E-state index in [1.54, 1.807) is 0 Å². The number of ether oxygens (including phenoxy) is 1. The molecule has 1 rings (SSSR count). The summed E-state index contributed by atoms with van der Waals surface area (Å²) in [5.74, 6) is 0.792. The molecular weight excluding hydrogens is 244 g/mol. The highest BCUT2D eigenvalue weighted by Gasteiger charge is 1.95. The van der Waals surface area contributed by atoms with Gasteiger partial charge in [-0.3, -0.25) is 4.79 Å². The number of hydrogen-bond donors (Lipinski definition) is 0. The van der Waals surface area contributed by atoms with Crippen LogP contribution in [0.4, 0.5) is 0 Å². The third-order valence-electron chi connectivity index (χ3n) is 2.45. The van der Waals surface area contributed by atoms with Crippen molar-refractivity contribution < 1.29 is 9.53 Å². The highest BCUT2D eigenvalue weighted by molar-refractivity contribution is 7.99. The van der Waals surface area contributed by atoms with E-state index in [2.05, 4.69) is 37.3 Å². The van der Waals surface area contributed by atoms with Gasteiger partial charge in [0.1, 0.15) is 0 Å². The monoisotopic (exact) mass is 264 g/mol. The minimum Gasteiger partial charge on any atom is -0.466 e. The van der Waals surface area contributed by atoms with Crippen LogP contribution in [0.15, 0.2) is 46.9 Å². The van der Waals surface area contributed by atoms with Crippen LogP contribution in [0, 0.1) is 0 Å². The van der Waals surface area contributed by atoms with E-state index < -0.39 is 0 Å². The second-order valence-corrected chi connectivity index (χ2v) is 5.21. The molecule has 18 heavy (non-hydrogen) atoms. The normalized spacial score (nSPS) is 11.3. The zero-order chi connectivity index (χ0) is 13.2. The highest BCUT2D eigenvalue weighted by atomic mass is 32.2. The molecule has 0 heterocycles. The summed E-state index contributed by atoms with van der Waals surface area (Å²) in [6, 6.07) is 10.4. The Morgan fingerprint density at radius 2 is 2.00 bits per heavy atom. The highest BCUT2D eigenvalue weighted by Crippen LogP contribution is 2.18. The number of thioether (sulfide) groups is 1. The summed E-state index contributed by atoms with van der Waals surface area (Å²) in [4.78, 5) is 11.9. The van der Waals surface area contributed by atoms with Gasteiger partial charge in [-0.1, -0.05) is 29.8 Å². The topological polar surface area (TPSA) is 26.3 Å². The maximum Gasteiger partial charge on any atom is 0.302 e. The number of allylic oxidation sites excluding steroid dienone is 1. The molecule has 0 atom stereocenters. The predicted molar refractivity (Wildman–Crippen MR) is 76.8 cm³/mol. The average molecular weight is 264 g/mol. The lowest BCUT2D eigenvalue weighted by Crippen LogP contribution is -2.00. The molecule has 0 aliphatic rings. The molecule has 1 aromatic rings. The summed E-state index contributed by atoms with van der Waals surface area (Å²) in [6.07, 6.45) is 4.13. The van der Waals surface area contributed by atoms with Crippen molar-refractivity contribution in [3.05, 3.63) is 42.0 Å². The molecule has 0 aliphatic heterocycles. The number of carbonyl (C=O) groups is 1. The zero-order valence-corrected chi connectivity index (χ0v) is 11.8. The van der Waals surface area contributed by atoms with Crippen LogP contribution in [0.3, 0.4) is 0 Å². The summed E-state index contributed by atoms with van der Waals surface area (Å²) >= 11 is 1.83. The van der Waals surface area contributed by atoms with Gasteiger partial charge in [0.05, 0.1) is 6.61 Å². The van der Waals surface area contributed by atoms with Gasteiger partial charge in [0.25, 0.3) is 0 Å². The fourth-order valence-corrected chi connectivity index (χ4v) is 2.38. The fourth-order valence-electron chi connectivity index (χ4n) is 1.47. The van der Waals surface area contributed by atoms with Crippen LogP contribution >= 0.6 is 11.8 Å². The summed E-state index contributed by atoms with van der Waals surface area (Å²) < 4.78 is 4.89. The largest absolute Gasteiger partial charge is 0.466 e. The quantitative estimate of drug-likeness (QED) is 0.321. The molecule has 0 bridgehead atoms. The Morgan fingerprint density at radius 3 is 2.67 bits per heavy atom. The van der Waals surface area contributed by atoms with E-state index in [9.17, 15) is 4.79 Å². The molecule has 2 nitrogen and oxygen atoms in total. The van der Waals surface area contributed by atoms with Crippen LogP contribution in [-0.2, 0) is 9.53 Å². The number of rotatable bonds is 7.